The summed E-state index contributed by atoms with van der Waals surface area (Å²) >= 11 is 8.64. The van der Waals surface area contributed by atoms with Crippen LogP contribution in [0.4, 0.5) is 10.1 Å². The lowest BCUT2D eigenvalue weighted by Gasteiger charge is -2.03. The zero-order chi connectivity index (χ0) is 8.43. The summed E-state index contributed by atoms with van der Waals surface area (Å²) in [5.41, 5.74) is 2.36. The molecule has 0 aliphatic heterocycles. The smallest absolute Gasteiger partial charge is 0.166 e. The molecule has 0 radical (unpaired) electrons. The van der Waals surface area contributed by atoms with Crippen LogP contribution < -0.4 is 11.3 Å². The lowest BCUT2D eigenvalue weighted by atomic mass is 10.3. The van der Waals surface area contributed by atoms with Crippen molar-refractivity contribution in [2.24, 2.45) is 5.84 Å². The van der Waals surface area contributed by atoms with Crippen LogP contribution in [0.3, 0.4) is 0 Å². The highest BCUT2D eigenvalue weighted by molar-refractivity contribution is 9.10. The Balaban J connectivity index is 0.00000121. The predicted molar refractivity (Wildman–Crippen MR) is 54.2 cm³/mol. The first-order chi connectivity index (χ1) is 5.15. The molecule has 0 aliphatic rings. The van der Waals surface area contributed by atoms with Crippen LogP contribution in [-0.4, -0.2) is 0 Å². The van der Waals surface area contributed by atoms with Gasteiger partial charge in [0.25, 0.3) is 0 Å². The largest absolute Gasteiger partial charge is 0.321 e. The molecule has 0 bridgehead atoms. The van der Waals surface area contributed by atoms with Gasteiger partial charge in [0.2, 0.25) is 0 Å². The van der Waals surface area contributed by atoms with E-state index >= 15 is 0 Å². The van der Waals surface area contributed by atoms with Gasteiger partial charge in [-0.15, -0.1) is 12.4 Å². The van der Waals surface area contributed by atoms with Crippen LogP contribution in [0.25, 0.3) is 0 Å². The molecule has 0 aliphatic carbocycles. The summed E-state index contributed by atoms with van der Waals surface area (Å²) in [5.74, 6) is 4.47. The van der Waals surface area contributed by atoms with Gasteiger partial charge in [-0.25, -0.2) is 4.39 Å². The van der Waals surface area contributed by atoms with Gasteiger partial charge < -0.3 is 5.43 Å². The standard InChI is InChI=1S/C6H5BrClFN2.ClH/c7-3-1-4(8)6(9)5(2-3)11-10;/h1-2,11H,10H2;1H. The van der Waals surface area contributed by atoms with Gasteiger partial charge in [0.1, 0.15) is 0 Å². The van der Waals surface area contributed by atoms with Crippen molar-refractivity contribution >= 4 is 45.6 Å². The quantitative estimate of drug-likeness (QED) is 0.470. The van der Waals surface area contributed by atoms with E-state index in [1.54, 1.807) is 0 Å². The van der Waals surface area contributed by atoms with Crippen LogP contribution in [-0.2, 0) is 0 Å². The molecule has 0 saturated heterocycles. The molecular formula is C6H6BrCl2FN2. The first-order valence-corrected chi connectivity index (χ1v) is 3.93. The van der Waals surface area contributed by atoms with Gasteiger partial charge >= 0.3 is 0 Å². The second-order valence-electron chi connectivity index (χ2n) is 1.89. The molecule has 0 saturated carbocycles. The van der Waals surface area contributed by atoms with E-state index in [0.29, 0.717) is 4.47 Å². The van der Waals surface area contributed by atoms with E-state index in [1.165, 1.54) is 12.1 Å². The number of nitrogen functional groups attached to an aromatic ring is 1. The van der Waals surface area contributed by atoms with Gasteiger partial charge in [0.15, 0.2) is 5.82 Å². The second kappa shape index (κ2) is 4.87. The molecule has 0 aromatic heterocycles. The molecule has 1 aromatic rings. The summed E-state index contributed by atoms with van der Waals surface area (Å²) in [6.45, 7) is 0. The third-order valence-electron chi connectivity index (χ3n) is 1.15. The molecule has 68 valence electrons. The second-order valence-corrected chi connectivity index (χ2v) is 3.22. The summed E-state index contributed by atoms with van der Waals surface area (Å²) in [6, 6.07) is 2.96. The molecule has 6 heteroatoms. The van der Waals surface area contributed by atoms with Crippen molar-refractivity contribution in [3.63, 3.8) is 0 Å². The number of hydrogen-bond acceptors (Lipinski definition) is 2. The molecule has 0 unspecified atom stereocenters. The van der Waals surface area contributed by atoms with E-state index < -0.39 is 5.82 Å². The van der Waals surface area contributed by atoms with E-state index in [0.717, 1.165) is 0 Å². The zero-order valence-corrected chi connectivity index (χ0v) is 8.93. The van der Waals surface area contributed by atoms with Crippen molar-refractivity contribution in [3.05, 3.63) is 27.4 Å². The summed E-state index contributed by atoms with van der Waals surface area (Å²) in [6.07, 6.45) is 0. The van der Waals surface area contributed by atoms with Crippen molar-refractivity contribution in [3.8, 4) is 0 Å². The van der Waals surface area contributed by atoms with E-state index in [9.17, 15) is 4.39 Å². The number of hydrazine groups is 1. The molecule has 0 fully saturated rings. The van der Waals surface area contributed by atoms with Gasteiger partial charge in [-0.05, 0) is 12.1 Å². The van der Waals surface area contributed by atoms with Crippen LogP contribution in [0.5, 0.6) is 0 Å². The van der Waals surface area contributed by atoms with Gasteiger partial charge in [-0.1, -0.05) is 27.5 Å². The zero-order valence-electron chi connectivity index (χ0n) is 5.77. The summed E-state index contributed by atoms with van der Waals surface area (Å²) < 4.78 is 13.6. The molecule has 12 heavy (non-hydrogen) atoms. The van der Waals surface area contributed by atoms with Crippen LogP contribution >= 0.6 is 39.9 Å². The maximum atomic E-state index is 12.9. The Hall–Kier alpha value is -0.0300. The minimum absolute atomic E-state index is 0. The number of anilines is 1. The normalized spacial score (nSPS) is 9.00. The summed E-state index contributed by atoms with van der Waals surface area (Å²) in [4.78, 5) is 0. The number of hydrogen-bond donors (Lipinski definition) is 2. The van der Waals surface area contributed by atoms with Crippen molar-refractivity contribution < 1.29 is 4.39 Å². The summed E-state index contributed by atoms with van der Waals surface area (Å²) in [7, 11) is 0. The fourth-order valence-electron chi connectivity index (χ4n) is 0.661. The highest BCUT2D eigenvalue weighted by Gasteiger charge is 2.06. The van der Waals surface area contributed by atoms with Gasteiger partial charge in [-0.2, -0.15) is 0 Å². The Bertz CT molecular complexity index is 282. The van der Waals surface area contributed by atoms with Crippen molar-refractivity contribution in [2.75, 3.05) is 5.43 Å². The Labute approximate surface area is 88.8 Å². The van der Waals surface area contributed by atoms with Crippen LogP contribution in [0.15, 0.2) is 16.6 Å². The lowest BCUT2D eigenvalue weighted by Crippen LogP contribution is -2.08. The molecule has 0 heterocycles. The first kappa shape index (κ1) is 12.0. The molecular weight excluding hydrogens is 270 g/mol. The minimum Gasteiger partial charge on any atom is -0.321 e. The molecule has 1 rings (SSSR count). The summed E-state index contributed by atoms with van der Waals surface area (Å²) in [5, 5.41) is 0.0346. The number of halogens is 4. The highest BCUT2D eigenvalue weighted by Crippen LogP contribution is 2.26. The first-order valence-electron chi connectivity index (χ1n) is 2.76. The van der Waals surface area contributed by atoms with Crippen LogP contribution in [0, 0.1) is 5.82 Å². The molecule has 0 spiro atoms. The number of nitrogens with one attached hydrogen (secondary N) is 1. The van der Waals surface area contributed by atoms with E-state index in [2.05, 4.69) is 21.4 Å². The maximum Gasteiger partial charge on any atom is 0.166 e. The Morgan fingerprint density at radius 2 is 2.08 bits per heavy atom. The lowest BCUT2D eigenvalue weighted by molar-refractivity contribution is 0.631. The van der Waals surface area contributed by atoms with E-state index in [-0.39, 0.29) is 23.1 Å². The number of benzene rings is 1. The number of rotatable bonds is 1. The Morgan fingerprint density at radius 3 is 2.58 bits per heavy atom. The average molecular weight is 276 g/mol. The third kappa shape index (κ3) is 2.48. The molecule has 2 nitrogen and oxygen atoms in total. The van der Waals surface area contributed by atoms with Crippen LogP contribution in [0.1, 0.15) is 0 Å². The van der Waals surface area contributed by atoms with E-state index in [1.807, 2.05) is 0 Å². The topological polar surface area (TPSA) is 38.0 Å². The predicted octanol–water partition coefficient (Wildman–Crippen LogP) is 2.95. The van der Waals surface area contributed by atoms with Crippen molar-refractivity contribution in [2.45, 2.75) is 0 Å². The fraction of sp³-hybridized carbons (Fsp3) is 0. The van der Waals surface area contributed by atoms with Gasteiger partial charge in [0, 0.05) is 4.47 Å². The van der Waals surface area contributed by atoms with E-state index in [4.69, 9.17) is 17.4 Å². The molecule has 0 amide bonds. The average Bonchev–Trinajstić information content (AvgIpc) is 1.96. The van der Waals surface area contributed by atoms with Crippen molar-refractivity contribution in [1.82, 2.24) is 0 Å². The number of nitrogens with two attached hydrogens (primary N) is 1. The monoisotopic (exact) mass is 274 g/mol. The highest BCUT2D eigenvalue weighted by atomic mass is 79.9. The van der Waals surface area contributed by atoms with Gasteiger partial charge in [-0.3, -0.25) is 5.84 Å². The SMILES string of the molecule is Cl.NNc1cc(Br)cc(Cl)c1F. The Kier molecular flexibility index (Phi) is 4.85. The van der Waals surface area contributed by atoms with Crippen LogP contribution in [0.2, 0.25) is 5.02 Å². The third-order valence-corrected chi connectivity index (χ3v) is 1.88. The Morgan fingerprint density at radius 1 is 1.50 bits per heavy atom. The molecule has 3 N–H and O–H groups in total. The molecule has 1 aromatic carbocycles. The minimum atomic E-state index is -0.544. The molecule has 0 atom stereocenters. The van der Waals surface area contributed by atoms with Crippen molar-refractivity contribution in [1.29, 1.82) is 0 Å². The fourth-order valence-corrected chi connectivity index (χ4v) is 1.47. The maximum absolute atomic E-state index is 12.9. The van der Waals surface area contributed by atoms with Gasteiger partial charge in [0.05, 0.1) is 10.7 Å².